The number of hydrogen-bond acceptors (Lipinski definition) is 4. The number of aliphatic hydroxyl groups is 1. The number of carbonyl (C=O) groups excluding carboxylic acids is 2. The second-order valence-corrected chi connectivity index (χ2v) is 8.51. The van der Waals surface area contributed by atoms with E-state index < -0.39 is 23.5 Å². The highest BCUT2D eigenvalue weighted by Crippen LogP contribution is 2.40. The van der Waals surface area contributed by atoms with Crippen molar-refractivity contribution in [2.75, 3.05) is 13.2 Å². The van der Waals surface area contributed by atoms with Gasteiger partial charge in [-0.05, 0) is 60.4 Å². The van der Waals surface area contributed by atoms with Crippen LogP contribution < -0.4 is 4.74 Å². The summed E-state index contributed by atoms with van der Waals surface area (Å²) in [4.78, 5) is 27.7. The largest absolute Gasteiger partial charge is 0.507 e. The predicted molar refractivity (Wildman–Crippen MR) is 132 cm³/mol. The van der Waals surface area contributed by atoms with Gasteiger partial charge in [0.25, 0.3) is 11.7 Å². The minimum absolute atomic E-state index is 0.00526. The molecule has 0 spiro atoms. The van der Waals surface area contributed by atoms with Gasteiger partial charge in [-0.25, -0.2) is 4.39 Å². The molecule has 0 aliphatic carbocycles. The summed E-state index contributed by atoms with van der Waals surface area (Å²) in [7, 11) is 0. The van der Waals surface area contributed by atoms with Crippen LogP contribution in [0, 0.1) is 5.82 Å². The van der Waals surface area contributed by atoms with Crippen molar-refractivity contribution in [3.63, 3.8) is 0 Å². The zero-order chi connectivity index (χ0) is 24.8. The second kappa shape index (κ2) is 11.0. The maximum atomic E-state index is 13.4. The number of ether oxygens (including phenoxy) is 1. The Hall–Kier alpha value is -3.93. The van der Waals surface area contributed by atoms with Crippen LogP contribution in [0.5, 0.6) is 5.75 Å². The van der Waals surface area contributed by atoms with Crippen LogP contribution in [-0.4, -0.2) is 34.8 Å². The van der Waals surface area contributed by atoms with E-state index in [0.717, 1.165) is 18.4 Å². The van der Waals surface area contributed by atoms with Crippen LogP contribution in [0.3, 0.4) is 0 Å². The van der Waals surface area contributed by atoms with Crippen LogP contribution >= 0.6 is 0 Å². The number of hydrogen-bond donors (Lipinski definition) is 1. The molecular weight excluding hydrogens is 445 g/mol. The summed E-state index contributed by atoms with van der Waals surface area (Å²) in [5, 5.41) is 11.1. The molecule has 1 aliphatic heterocycles. The minimum atomic E-state index is -0.770. The molecule has 180 valence electrons. The number of likely N-dealkylation sites (tertiary alicyclic amines) is 1. The number of Topliss-reactive ketones (excluding diaryl/α,β-unsaturated/α-hetero) is 1. The third kappa shape index (κ3) is 5.43. The summed E-state index contributed by atoms with van der Waals surface area (Å²) in [6, 6.07) is 21.4. The molecule has 1 N–H and O–H groups in total. The zero-order valence-corrected chi connectivity index (χ0v) is 19.6. The molecule has 1 unspecified atom stereocenters. The molecule has 0 saturated carbocycles. The highest BCUT2D eigenvalue weighted by atomic mass is 19.1. The lowest BCUT2D eigenvalue weighted by Gasteiger charge is -2.25. The molecule has 5 nitrogen and oxygen atoms in total. The van der Waals surface area contributed by atoms with Crippen LogP contribution in [0.1, 0.15) is 42.5 Å². The molecule has 0 bridgehead atoms. The quantitative estimate of drug-likeness (QED) is 0.188. The number of ketones is 1. The van der Waals surface area contributed by atoms with Gasteiger partial charge in [0.15, 0.2) is 0 Å². The normalized spacial score (nSPS) is 17.1. The summed E-state index contributed by atoms with van der Waals surface area (Å²) in [5.41, 5.74) is 1.99. The number of carbonyl (C=O) groups is 2. The van der Waals surface area contributed by atoms with Crippen molar-refractivity contribution in [1.82, 2.24) is 4.90 Å². The van der Waals surface area contributed by atoms with Gasteiger partial charge in [0, 0.05) is 12.1 Å². The Morgan fingerprint density at radius 3 is 2.31 bits per heavy atom. The van der Waals surface area contributed by atoms with Crippen LogP contribution in [0.2, 0.25) is 0 Å². The molecule has 1 amide bonds. The summed E-state index contributed by atoms with van der Waals surface area (Å²) in [6.07, 6.45) is 2.52. The maximum absolute atomic E-state index is 13.4. The van der Waals surface area contributed by atoms with Crippen molar-refractivity contribution in [3.8, 4) is 5.75 Å². The van der Waals surface area contributed by atoms with Crippen molar-refractivity contribution in [2.24, 2.45) is 0 Å². The lowest BCUT2D eigenvalue weighted by Crippen LogP contribution is -2.31. The van der Waals surface area contributed by atoms with E-state index in [4.69, 9.17) is 4.74 Å². The smallest absolute Gasteiger partial charge is 0.295 e. The van der Waals surface area contributed by atoms with Crippen LogP contribution in [-0.2, 0) is 16.0 Å². The average molecular weight is 474 g/mol. The van der Waals surface area contributed by atoms with Crippen LogP contribution in [0.15, 0.2) is 84.4 Å². The Morgan fingerprint density at radius 1 is 0.971 bits per heavy atom. The van der Waals surface area contributed by atoms with Gasteiger partial charge >= 0.3 is 0 Å². The Morgan fingerprint density at radius 2 is 1.66 bits per heavy atom. The van der Waals surface area contributed by atoms with E-state index in [2.05, 4.69) is 6.92 Å². The minimum Gasteiger partial charge on any atom is -0.507 e. The van der Waals surface area contributed by atoms with E-state index in [1.54, 1.807) is 12.1 Å². The van der Waals surface area contributed by atoms with Gasteiger partial charge in [0.2, 0.25) is 0 Å². The third-order valence-electron chi connectivity index (χ3n) is 6.10. The standard InChI is InChI=1S/C29H28FNO4/c1-2-3-19-35-24-15-11-21(12-16-24)26-25(27(32)22-9-13-23(30)14-10-22)28(33)29(34)31(26)18-17-20-7-5-4-6-8-20/h4-16,26,32H,2-3,17-19H2,1H3. The lowest BCUT2D eigenvalue weighted by molar-refractivity contribution is -0.139. The Bertz CT molecular complexity index is 1200. The van der Waals surface area contributed by atoms with Gasteiger partial charge in [-0.15, -0.1) is 0 Å². The first-order valence-corrected chi connectivity index (χ1v) is 11.8. The average Bonchev–Trinajstić information content (AvgIpc) is 3.13. The van der Waals surface area contributed by atoms with Crippen molar-refractivity contribution in [3.05, 3.63) is 107 Å². The Labute approximate surface area is 204 Å². The summed E-state index contributed by atoms with van der Waals surface area (Å²) in [5.74, 6) is -1.51. The predicted octanol–water partition coefficient (Wildman–Crippen LogP) is 5.67. The fourth-order valence-corrected chi connectivity index (χ4v) is 4.20. The summed E-state index contributed by atoms with van der Waals surface area (Å²) < 4.78 is 19.2. The topological polar surface area (TPSA) is 66.8 Å². The fourth-order valence-electron chi connectivity index (χ4n) is 4.20. The third-order valence-corrected chi connectivity index (χ3v) is 6.10. The molecule has 1 heterocycles. The molecule has 0 radical (unpaired) electrons. The van der Waals surface area contributed by atoms with Gasteiger partial charge in [-0.1, -0.05) is 55.8 Å². The van der Waals surface area contributed by atoms with E-state index in [9.17, 15) is 19.1 Å². The van der Waals surface area contributed by atoms with Gasteiger partial charge in [-0.3, -0.25) is 9.59 Å². The van der Waals surface area contributed by atoms with Crippen molar-refractivity contribution >= 4 is 17.4 Å². The van der Waals surface area contributed by atoms with Crippen LogP contribution in [0.25, 0.3) is 5.76 Å². The first-order valence-electron chi connectivity index (χ1n) is 11.8. The molecule has 1 atom stereocenters. The Kier molecular flexibility index (Phi) is 7.60. The lowest BCUT2D eigenvalue weighted by atomic mass is 9.95. The van der Waals surface area contributed by atoms with Crippen molar-refractivity contribution < 1.29 is 23.8 Å². The molecule has 0 aromatic heterocycles. The first kappa shape index (κ1) is 24.2. The molecular formula is C29H28FNO4. The molecule has 1 aliphatic rings. The van der Waals surface area contributed by atoms with E-state index in [-0.39, 0.29) is 16.9 Å². The SMILES string of the molecule is CCCCOc1ccc(C2C(=C(O)c3ccc(F)cc3)C(=O)C(=O)N2CCc2ccccc2)cc1. The van der Waals surface area contributed by atoms with E-state index in [1.807, 2.05) is 42.5 Å². The summed E-state index contributed by atoms with van der Waals surface area (Å²) >= 11 is 0. The fraction of sp³-hybridized carbons (Fsp3) is 0.241. The summed E-state index contributed by atoms with van der Waals surface area (Å²) in [6.45, 7) is 3.00. The van der Waals surface area contributed by atoms with Crippen LogP contribution in [0.4, 0.5) is 4.39 Å². The number of aliphatic hydroxyl groups excluding tert-OH is 1. The van der Waals surface area contributed by atoms with E-state index in [1.165, 1.54) is 29.2 Å². The molecule has 1 saturated heterocycles. The molecule has 1 fully saturated rings. The molecule has 4 rings (SSSR count). The van der Waals surface area contributed by atoms with Crippen molar-refractivity contribution in [1.29, 1.82) is 0 Å². The van der Waals surface area contributed by atoms with E-state index >= 15 is 0 Å². The van der Waals surface area contributed by atoms with E-state index in [0.29, 0.717) is 30.9 Å². The maximum Gasteiger partial charge on any atom is 0.295 e. The van der Waals surface area contributed by atoms with Gasteiger partial charge < -0.3 is 14.7 Å². The van der Waals surface area contributed by atoms with Crippen molar-refractivity contribution in [2.45, 2.75) is 32.2 Å². The van der Waals surface area contributed by atoms with Gasteiger partial charge in [-0.2, -0.15) is 0 Å². The highest BCUT2D eigenvalue weighted by molar-refractivity contribution is 6.46. The number of benzene rings is 3. The zero-order valence-electron chi connectivity index (χ0n) is 19.6. The number of rotatable bonds is 9. The monoisotopic (exact) mass is 473 g/mol. The molecule has 3 aromatic rings. The number of nitrogens with zero attached hydrogens (tertiary/aromatic N) is 1. The highest BCUT2D eigenvalue weighted by Gasteiger charge is 2.45. The molecule has 6 heteroatoms. The number of halogens is 1. The van der Waals surface area contributed by atoms with Gasteiger partial charge in [0.1, 0.15) is 17.3 Å². The second-order valence-electron chi connectivity index (χ2n) is 8.51. The first-order chi connectivity index (χ1) is 17.0. The molecule has 3 aromatic carbocycles. The molecule has 35 heavy (non-hydrogen) atoms. The number of unbranched alkanes of at least 4 members (excludes halogenated alkanes) is 1. The van der Waals surface area contributed by atoms with Gasteiger partial charge in [0.05, 0.1) is 18.2 Å². The number of amides is 1. The Balaban J connectivity index is 1.71.